The molecule has 0 spiro atoms. The molecule has 140 valence electrons. The number of rotatable bonds is 11. The maximum absolute atomic E-state index is 12.2. The molecule has 0 radical (unpaired) electrons. The largest absolute Gasteiger partial charge is 0.408 e. The molecule has 0 aliphatic heterocycles. The molecule has 12 heteroatoms. The number of ether oxygens (including phenoxy) is 1. The van der Waals surface area contributed by atoms with E-state index in [1.54, 1.807) is 13.8 Å². The van der Waals surface area contributed by atoms with Crippen LogP contribution in [0, 0.1) is 0 Å². The first-order valence-electron chi connectivity index (χ1n) is 7.69. The molecule has 11 nitrogen and oxygen atoms in total. The predicted octanol–water partition coefficient (Wildman–Crippen LogP) is 0.438. The van der Waals surface area contributed by atoms with Crippen molar-refractivity contribution in [1.82, 2.24) is 19.7 Å². The van der Waals surface area contributed by atoms with Gasteiger partial charge in [-0.2, -0.15) is 4.73 Å². The quantitative estimate of drug-likeness (QED) is 0.531. The molecule has 0 saturated carbocycles. The Morgan fingerprint density at radius 3 is 2.64 bits per heavy atom. The molecular weight excluding hydrogens is 353 g/mol. The number of nitrogens with two attached hydrogens (primary N) is 1. The van der Waals surface area contributed by atoms with Gasteiger partial charge in [-0.15, -0.1) is 0 Å². The molecule has 1 unspecified atom stereocenters. The SMILES string of the molecule is CCOP(=O)(COCC(O)COn1cnc2c(N)ncnc21)OCC. The van der Waals surface area contributed by atoms with Crippen molar-refractivity contribution in [3.8, 4) is 0 Å². The van der Waals surface area contributed by atoms with Crippen LogP contribution in [0.1, 0.15) is 13.8 Å². The molecule has 0 amide bonds. The first-order chi connectivity index (χ1) is 12.0. The van der Waals surface area contributed by atoms with E-state index in [0.29, 0.717) is 11.2 Å². The van der Waals surface area contributed by atoms with Gasteiger partial charge in [-0.1, -0.05) is 0 Å². The van der Waals surface area contributed by atoms with Gasteiger partial charge in [0.15, 0.2) is 11.3 Å². The maximum Gasteiger partial charge on any atom is 0.356 e. The van der Waals surface area contributed by atoms with E-state index in [2.05, 4.69) is 15.0 Å². The van der Waals surface area contributed by atoms with Gasteiger partial charge in [0, 0.05) is 0 Å². The van der Waals surface area contributed by atoms with Crippen molar-refractivity contribution in [2.45, 2.75) is 20.0 Å². The highest BCUT2D eigenvalue weighted by atomic mass is 31.2. The van der Waals surface area contributed by atoms with Crippen LogP contribution >= 0.6 is 7.60 Å². The zero-order chi connectivity index (χ0) is 18.3. The third-order valence-electron chi connectivity index (χ3n) is 2.95. The van der Waals surface area contributed by atoms with E-state index in [0.717, 1.165) is 0 Å². The number of anilines is 1. The Labute approximate surface area is 144 Å². The summed E-state index contributed by atoms with van der Waals surface area (Å²) in [7, 11) is -3.30. The van der Waals surface area contributed by atoms with E-state index in [9.17, 15) is 9.67 Å². The molecule has 0 saturated heterocycles. The van der Waals surface area contributed by atoms with Crippen molar-refractivity contribution in [1.29, 1.82) is 0 Å². The fraction of sp³-hybridized carbons (Fsp3) is 0.615. The fourth-order valence-electron chi connectivity index (χ4n) is 1.95. The number of aliphatic hydroxyl groups is 1. The summed E-state index contributed by atoms with van der Waals surface area (Å²) in [6.07, 6.45) is 1.46. The van der Waals surface area contributed by atoms with Crippen molar-refractivity contribution in [3.05, 3.63) is 12.7 Å². The lowest BCUT2D eigenvalue weighted by Crippen LogP contribution is -2.28. The van der Waals surface area contributed by atoms with Crippen LogP contribution in [-0.2, 0) is 18.3 Å². The number of imidazole rings is 1. The Kier molecular flexibility index (Phi) is 7.09. The summed E-state index contributed by atoms with van der Waals surface area (Å²) in [6, 6.07) is 0. The Morgan fingerprint density at radius 2 is 1.96 bits per heavy atom. The number of nitrogen functional groups attached to an aromatic ring is 1. The lowest BCUT2D eigenvalue weighted by atomic mass is 10.4. The van der Waals surface area contributed by atoms with Crippen molar-refractivity contribution >= 4 is 24.6 Å². The van der Waals surface area contributed by atoms with E-state index < -0.39 is 13.7 Å². The minimum atomic E-state index is -3.30. The molecule has 2 rings (SSSR count). The fourth-order valence-corrected chi connectivity index (χ4v) is 3.29. The van der Waals surface area contributed by atoms with E-state index in [1.807, 2.05) is 0 Å². The Balaban J connectivity index is 1.81. The highest BCUT2D eigenvalue weighted by Gasteiger charge is 2.24. The molecular formula is C13H22N5O6P. The number of aliphatic hydroxyl groups excluding tert-OH is 1. The van der Waals surface area contributed by atoms with E-state index >= 15 is 0 Å². The summed E-state index contributed by atoms with van der Waals surface area (Å²) in [5, 5.41) is 9.92. The summed E-state index contributed by atoms with van der Waals surface area (Å²) < 4.78 is 28.9. The van der Waals surface area contributed by atoms with Crippen LogP contribution < -0.4 is 10.6 Å². The van der Waals surface area contributed by atoms with Gasteiger partial charge in [0.2, 0.25) is 5.65 Å². The minimum Gasteiger partial charge on any atom is -0.408 e. The molecule has 25 heavy (non-hydrogen) atoms. The van der Waals surface area contributed by atoms with Crippen molar-refractivity contribution in [2.75, 3.05) is 38.5 Å². The van der Waals surface area contributed by atoms with Gasteiger partial charge in [0.1, 0.15) is 31.7 Å². The molecule has 2 aromatic rings. The van der Waals surface area contributed by atoms with Crippen molar-refractivity contribution < 1.29 is 28.3 Å². The zero-order valence-corrected chi connectivity index (χ0v) is 15.0. The number of nitrogens with zero attached hydrogens (tertiary/aromatic N) is 4. The summed E-state index contributed by atoms with van der Waals surface area (Å²) in [5.41, 5.74) is 6.47. The van der Waals surface area contributed by atoms with Gasteiger partial charge >= 0.3 is 7.60 Å². The van der Waals surface area contributed by atoms with Crippen LogP contribution in [0.3, 0.4) is 0 Å². The second-order valence-corrected chi connectivity index (χ2v) is 6.89. The third-order valence-corrected chi connectivity index (χ3v) is 4.75. The molecule has 0 bridgehead atoms. The first-order valence-corrected chi connectivity index (χ1v) is 9.42. The molecule has 0 fully saturated rings. The first kappa shape index (κ1) is 19.5. The standard InChI is InChI=1S/C13H22N5O6P/c1-3-23-25(20,24-4-2)9-21-5-10(19)6-22-18-8-17-11-12(14)15-7-16-13(11)18/h7-8,10,19H,3-6,9H2,1-2H3,(H2,14,15,16). The molecule has 0 aliphatic carbocycles. The van der Waals surface area contributed by atoms with E-state index in [4.69, 9.17) is 24.4 Å². The number of aromatic nitrogens is 4. The second kappa shape index (κ2) is 9.07. The predicted molar refractivity (Wildman–Crippen MR) is 88.9 cm³/mol. The molecule has 3 N–H and O–H groups in total. The van der Waals surface area contributed by atoms with Gasteiger partial charge in [0.25, 0.3) is 0 Å². The molecule has 2 heterocycles. The zero-order valence-electron chi connectivity index (χ0n) is 14.1. The van der Waals surface area contributed by atoms with Crippen LogP contribution in [0.15, 0.2) is 12.7 Å². The Hall–Kier alpha value is -1.78. The third kappa shape index (κ3) is 5.35. The monoisotopic (exact) mass is 375 g/mol. The lowest BCUT2D eigenvalue weighted by Gasteiger charge is -2.18. The van der Waals surface area contributed by atoms with Crippen molar-refractivity contribution in [3.63, 3.8) is 0 Å². The van der Waals surface area contributed by atoms with Crippen molar-refractivity contribution in [2.24, 2.45) is 0 Å². The molecule has 0 aliphatic rings. The van der Waals surface area contributed by atoms with Crippen LogP contribution in [0.4, 0.5) is 5.82 Å². The number of fused-ring (bicyclic) bond motifs is 1. The Morgan fingerprint density at radius 1 is 1.24 bits per heavy atom. The average Bonchev–Trinajstić information content (AvgIpc) is 2.98. The molecule has 2 aromatic heterocycles. The lowest BCUT2D eigenvalue weighted by molar-refractivity contribution is -0.0158. The normalized spacial score (nSPS) is 13.2. The van der Waals surface area contributed by atoms with Crippen LogP contribution in [0.25, 0.3) is 11.2 Å². The highest BCUT2D eigenvalue weighted by molar-refractivity contribution is 7.53. The highest BCUT2D eigenvalue weighted by Crippen LogP contribution is 2.47. The maximum atomic E-state index is 12.2. The number of hydrogen-bond donors (Lipinski definition) is 2. The molecule has 0 aromatic carbocycles. The number of hydrogen-bond acceptors (Lipinski definition) is 10. The summed E-state index contributed by atoms with van der Waals surface area (Å²) in [4.78, 5) is 17.3. The average molecular weight is 375 g/mol. The summed E-state index contributed by atoms with van der Waals surface area (Å²) in [5.74, 6) is 0.235. The van der Waals surface area contributed by atoms with E-state index in [-0.39, 0.29) is 38.6 Å². The second-order valence-electron chi connectivity index (χ2n) is 4.90. The Bertz CT molecular complexity index is 716. The summed E-state index contributed by atoms with van der Waals surface area (Å²) in [6.45, 7) is 3.70. The minimum absolute atomic E-state index is 0.0943. The van der Waals surface area contributed by atoms with Gasteiger partial charge in [-0.05, 0) is 13.8 Å². The molecule has 1 atom stereocenters. The van der Waals surface area contributed by atoms with Gasteiger partial charge in [0.05, 0.1) is 19.8 Å². The van der Waals surface area contributed by atoms with Gasteiger partial charge in [-0.3, -0.25) is 4.57 Å². The smallest absolute Gasteiger partial charge is 0.356 e. The van der Waals surface area contributed by atoms with Gasteiger partial charge < -0.3 is 29.5 Å². The van der Waals surface area contributed by atoms with Crippen LogP contribution in [0.2, 0.25) is 0 Å². The van der Waals surface area contributed by atoms with E-state index in [1.165, 1.54) is 17.4 Å². The topological polar surface area (TPSA) is 144 Å². The summed E-state index contributed by atoms with van der Waals surface area (Å²) >= 11 is 0. The van der Waals surface area contributed by atoms with Crippen LogP contribution in [-0.4, -0.2) is 63.7 Å². The van der Waals surface area contributed by atoms with Gasteiger partial charge in [-0.25, -0.2) is 15.0 Å². The van der Waals surface area contributed by atoms with Crippen LogP contribution in [0.5, 0.6) is 0 Å².